The van der Waals surface area contributed by atoms with Gasteiger partial charge >= 0.3 is 5.97 Å². The molecule has 3 heteroatoms. The van der Waals surface area contributed by atoms with Crippen molar-refractivity contribution >= 4 is 16.7 Å². The number of hydrogen-bond donors (Lipinski definition) is 1. The van der Waals surface area contributed by atoms with E-state index in [0.29, 0.717) is 34.8 Å². The van der Waals surface area contributed by atoms with Gasteiger partial charge < -0.3 is 9.84 Å². The lowest BCUT2D eigenvalue weighted by Crippen LogP contribution is -2.12. The summed E-state index contributed by atoms with van der Waals surface area (Å²) in [5, 5.41) is 12.9. The summed E-state index contributed by atoms with van der Waals surface area (Å²) in [7, 11) is 0. The number of fused-ring (bicyclic) bond motifs is 6. The Morgan fingerprint density at radius 3 is 2.46 bits per heavy atom. The average molecular weight is 372 g/mol. The van der Waals surface area contributed by atoms with Crippen LogP contribution in [0.3, 0.4) is 0 Å². The molecule has 0 aromatic heterocycles. The molecular formula is C25H24O3. The van der Waals surface area contributed by atoms with Crippen LogP contribution in [-0.4, -0.2) is 11.1 Å². The third-order valence-corrected chi connectivity index (χ3v) is 6.81. The van der Waals surface area contributed by atoms with Crippen LogP contribution in [0.5, 0.6) is 11.5 Å². The van der Waals surface area contributed by atoms with E-state index in [1.807, 2.05) is 30.3 Å². The molecule has 0 saturated heterocycles. The molecule has 3 aromatic rings. The predicted octanol–water partition coefficient (Wildman–Crippen LogP) is 5.94. The highest BCUT2D eigenvalue weighted by molar-refractivity contribution is 6.02. The van der Waals surface area contributed by atoms with Gasteiger partial charge in [-0.15, -0.1) is 0 Å². The second-order valence-electron chi connectivity index (χ2n) is 8.10. The molecule has 2 bridgehead atoms. The maximum atomic E-state index is 12.9. The van der Waals surface area contributed by atoms with Crippen LogP contribution in [0.4, 0.5) is 0 Å². The van der Waals surface area contributed by atoms with Crippen LogP contribution in [0, 0.1) is 5.92 Å². The first-order valence-electron chi connectivity index (χ1n) is 10.2. The highest BCUT2D eigenvalue weighted by Crippen LogP contribution is 2.63. The third-order valence-electron chi connectivity index (χ3n) is 6.81. The van der Waals surface area contributed by atoms with Crippen molar-refractivity contribution in [3.63, 3.8) is 0 Å². The van der Waals surface area contributed by atoms with E-state index in [1.54, 1.807) is 12.1 Å². The van der Waals surface area contributed by atoms with Gasteiger partial charge in [0.25, 0.3) is 0 Å². The summed E-state index contributed by atoms with van der Waals surface area (Å²) in [5.41, 5.74) is 3.73. The summed E-state index contributed by atoms with van der Waals surface area (Å²) < 4.78 is 6.10. The molecule has 0 heterocycles. The minimum atomic E-state index is -0.337. The molecule has 1 fully saturated rings. The van der Waals surface area contributed by atoms with E-state index in [4.69, 9.17) is 4.74 Å². The minimum Gasteiger partial charge on any atom is -0.507 e. The summed E-state index contributed by atoms with van der Waals surface area (Å²) in [5.74, 6) is 1.89. The first-order chi connectivity index (χ1) is 13.6. The van der Waals surface area contributed by atoms with Gasteiger partial charge in [-0.2, -0.15) is 0 Å². The predicted molar refractivity (Wildman–Crippen MR) is 110 cm³/mol. The molecule has 5 rings (SSSR count). The summed E-state index contributed by atoms with van der Waals surface area (Å²) in [6.07, 6.45) is 3.00. The summed E-state index contributed by atoms with van der Waals surface area (Å²) in [4.78, 5) is 12.9. The highest BCUT2D eigenvalue weighted by atomic mass is 16.5. The van der Waals surface area contributed by atoms with Crippen LogP contribution in [0.15, 0.2) is 48.5 Å². The van der Waals surface area contributed by atoms with E-state index >= 15 is 0 Å². The fourth-order valence-corrected chi connectivity index (χ4v) is 5.44. The molecule has 0 aliphatic heterocycles. The van der Waals surface area contributed by atoms with Crippen molar-refractivity contribution in [2.24, 2.45) is 5.92 Å². The molecule has 1 N–H and O–H groups in total. The van der Waals surface area contributed by atoms with Gasteiger partial charge in [0.1, 0.15) is 11.5 Å². The Morgan fingerprint density at radius 2 is 1.75 bits per heavy atom. The van der Waals surface area contributed by atoms with Crippen molar-refractivity contribution in [1.29, 1.82) is 0 Å². The second kappa shape index (κ2) is 6.37. The standard InChI is InChI=1S/C25H24O3/c1-3-15-10-7-11-19-20(15)24(28-25(27)16-8-5-4-6-9-16)22-18-13-12-17(14(18)2)21(22)23(19)26/h4-11,14,17-18,26H,3,12-13H2,1-2H3. The molecule has 0 spiro atoms. The topological polar surface area (TPSA) is 46.5 Å². The molecule has 1 saturated carbocycles. The third kappa shape index (κ3) is 2.32. The number of carbonyl (C=O) groups excluding carboxylic acids is 1. The largest absolute Gasteiger partial charge is 0.507 e. The van der Waals surface area contributed by atoms with Gasteiger partial charge in [0.05, 0.1) is 5.56 Å². The number of benzene rings is 3. The lowest BCUT2D eigenvalue weighted by molar-refractivity contribution is 0.0734. The fourth-order valence-electron chi connectivity index (χ4n) is 5.44. The Bertz CT molecular complexity index is 1080. The molecule has 0 radical (unpaired) electrons. The lowest BCUT2D eigenvalue weighted by atomic mass is 9.86. The van der Waals surface area contributed by atoms with E-state index in [0.717, 1.165) is 46.7 Å². The maximum absolute atomic E-state index is 12.9. The van der Waals surface area contributed by atoms with Crippen molar-refractivity contribution in [2.45, 2.75) is 44.9 Å². The van der Waals surface area contributed by atoms with Crippen molar-refractivity contribution in [1.82, 2.24) is 0 Å². The quantitative estimate of drug-likeness (QED) is 0.457. The molecule has 28 heavy (non-hydrogen) atoms. The number of aromatic hydroxyl groups is 1. The molecule has 3 unspecified atom stereocenters. The Morgan fingerprint density at radius 1 is 1.04 bits per heavy atom. The van der Waals surface area contributed by atoms with Gasteiger partial charge in [-0.25, -0.2) is 4.79 Å². The van der Waals surface area contributed by atoms with Crippen LogP contribution in [-0.2, 0) is 6.42 Å². The van der Waals surface area contributed by atoms with Crippen LogP contribution in [0.2, 0.25) is 0 Å². The number of carbonyl (C=O) groups is 1. The number of aryl methyl sites for hydroxylation is 1. The Balaban J connectivity index is 1.78. The Kier molecular flexibility index (Phi) is 3.94. The normalized spacial score (nSPS) is 22.4. The SMILES string of the molecule is CCc1cccc2c(O)c3c(c(OC(=O)c4ccccc4)c12)C1CCC3C1C. The molecule has 3 atom stereocenters. The molecule has 2 aliphatic carbocycles. The van der Waals surface area contributed by atoms with E-state index < -0.39 is 0 Å². The number of ether oxygens (including phenoxy) is 1. The van der Waals surface area contributed by atoms with Crippen LogP contribution >= 0.6 is 0 Å². The number of phenolic OH excluding ortho intramolecular Hbond substituents is 1. The zero-order chi connectivity index (χ0) is 19.4. The van der Waals surface area contributed by atoms with Crippen LogP contribution < -0.4 is 4.74 Å². The first kappa shape index (κ1) is 17.3. The van der Waals surface area contributed by atoms with Crippen molar-refractivity contribution in [2.75, 3.05) is 0 Å². The maximum Gasteiger partial charge on any atom is 0.343 e. The second-order valence-corrected chi connectivity index (χ2v) is 8.10. The van der Waals surface area contributed by atoms with Crippen molar-refractivity contribution < 1.29 is 14.6 Å². The molecule has 3 nitrogen and oxygen atoms in total. The number of rotatable bonds is 3. The lowest BCUT2D eigenvalue weighted by Gasteiger charge is -2.23. The summed E-state index contributed by atoms with van der Waals surface area (Å²) in [6, 6.07) is 15.1. The van der Waals surface area contributed by atoms with E-state index in [9.17, 15) is 9.90 Å². The molecule has 3 aromatic carbocycles. The average Bonchev–Trinajstić information content (AvgIpc) is 3.24. The summed E-state index contributed by atoms with van der Waals surface area (Å²) >= 11 is 0. The minimum absolute atomic E-state index is 0.337. The molecule has 2 aliphatic rings. The van der Waals surface area contributed by atoms with Gasteiger partial charge in [0, 0.05) is 21.9 Å². The van der Waals surface area contributed by atoms with Gasteiger partial charge in [0.15, 0.2) is 0 Å². The van der Waals surface area contributed by atoms with Crippen molar-refractivity contribution in [3.8, 4) is 11.5 Å². The monoisotopic (exact) mass is 372 g/mol. The number of phenols is 1. The smallest absolute Gasteiger partial charge is 0.343 e. The van der Waals surface area contributed by atoms with Crippen LogP contribution in [0.1, 0.15) is 65.6 Å². The van der Waals surface area contributed by atoms with Gasteiger partial charge in [-0.05, 0) is 54.7 Å². The zero-order valence-electron chi connectivity index (χ0n) is 16.2. The van der Waals surface area contributed by atoms with Gasteiger partial charge in [-0.3, -0.25) is 0 Å². The molecular weight excluding hydrogens is 348 g/mol. The fraction of sp³-hybridized carbons (Fsp3) is 0.320. The first-order valence-corrected chi connectivity index (χ1v) is 10.2. The van der Waals surface area contributed by atoms with Gasteiger partial charge in [-0.1, -0.05) is 50.2 Å². The van der Waals surface area contributed by atoms with E-state index in [1.165, 1.54) is 0 Å². The Hall–Kier alpha value is -2.81. The Labute approximate surface area is 165 Å². The van der Waals surface area contributed by atoms with Crippen LogP contribution in [0.25, 0.3) is 10.8 Å². The van der Waals surface area contributed by atoms with E-state index in [2.05, 4.69) is 19.9 Å². The molecule has 0 amide bonds. The number of esters is 1. The zero-order valence-corrected chi connectivity index (χ0v) is 16.2. The van der Waals surface area contributed by atoms with Gasteiger partial charge in [0.2, 0.25) is 0 Å². The summed E-state index contributed by atoms with van der Waals surface area (Å²) in [6.45, 7) is 4.35. The van der Waals surface area contributed by atoms with Crippen molar-refractivity contribution in [3.05, 3.63) is 70.8 Å². The number of hydrogen-bond acceptors (Lipinski definition) is 3. The molecule has 142 valence electrons. The highest BCUT2D eigenvalue weighted by Gasteiger charge is 2.48. The van der Waals surface area contributed by atoms with E-state index in [-0.39, 0.29) is 5.97 Å².